The van der Waals surface area contributed by atoms with Crippen molar-refractivity contribution >= 4 is 11.8 Å². The largest absolute Gasteiger partial charge is 0.389 e. The number of rotatable bonds is 13. The van der Waals surface area contributed by atoms with Gasteiger partial charge in [-0.15, -0.1) is 0 Å². The second-order valence-corrected chi connectivity index (χ2v) is 12.4. The topological polar surface area (TPSA) is 81.7 Å². The Morgan fingerprint density at radius 3 is 2.02 bits per heavy atom. The first-order valence-electron chi connectivity index (χ1n) is 16.0. The standard InChI is InChI=1S/C36H43F4N3O3/c1-4-8-43(9-5-2)36(46)27-11-22(3)10-26(19-27)35(45)42-33(18-25-15-30(39)21-31(40)16-25)34(44)32-17-23(6-7-41-32)12-24-13-28(37)20-29(38)14-24/h10-11,13-16,19-21,23,32-34,41,44H,4-9,12,17-18H2,1-3H3,(H,42,45)/t23-,32-,33+,34-/m1/s1. The van der Waals surface area contributed by atoms with Crippen molar-refractivity contribution in [2.75, 3.05) is 19.6 Å². The van der Waals surface area contributed by atoms with Crippen molar-refractivity contribution < 1.29 is 32.3 Å². The van der Waals surface area contributed by atoms with Gasteiger partial charge in [0.25, 0.3) is 11.8 Å². The molecule has 10 heteroatoms. The first-order chi connectivity index (χ1) is 21.9. The maximum atomic E-state index is 14.1. The second-order valence-electron chi connectivity index (χ2n) is 12.4. The minimum atomic E-state index is -1.18. The Balaban J connectivity index is 1.57. The van der Waals surface area contributed by atoms with Crippen LogP contribution < -0.4 is 10.6 Å². The smallest absolute Gasteiger partial charge is 0.253 e. The fourth-order valence-electron chi connectivity index (χ4n) is 6.39. The maximum absolute atomic E-state index is 14.1. The third-order valence-corrected chi connectivity index (χ3v) is 8.37. The van der Waals surface area contributed by atoms with Crippen molar-refractivity contribution in [2.45, 2.75) is 77.5 Å². The summed E-state index contributed by atoms with van der Waals surface area (Å²) in [6, 6.07) is 9.90. The molecule has 0 saturated carbocycles. The number of halogens is 4. The summed E-state index contributed by atoms with van der Waals surface area (Å²) in [5.74, 6) is -3.60. The quantitative estimate of drug-likeness (QED) is 0.196. The van der Waals surface area contributed by atoms with Gasteiger partial charge in [0.15, 0.2) is 0 Å². The van der Waals surface area contributed by atoms with Crippen molar-refractivity contribution in [3.63, 3.8) is 0 Å². The summed E-state index contributed by atoms with van der Waals surface area (Å²) < 4.78 is 55.9. The highest BCUT2D eigenvalue weighted by Gasteiger charge is 2.34. The first-order valence-corrected chi connectivity index (χ1v) is 16.0. The van der Waals surface area contributed by atoms with Gasteiger partial charge in [-0.2, -0.15) is 0 Å². The molecule has 46 heavy (non-hydrogen) atoms. The molecule has 1 saturated heterocycles. The Kier molecular flexibility index (Phi) is 12.3. The van der Waals surface area contributed by atoms with Crippen LogP contribution in [0, 0.1) is 36.1 Å². The van der Waals surface area contributed by atoms with Crippen LogP contribution >= 0.6 is 0 Å². The van der Waals surface area contributed by atoms with Gasteiger partial charge in [0.1, 0.15) is 23.3 Å². The molecular weight excluding hydrogens is 598 g/mol. The summed E-state index contributed by atoms with van der Waals surface area (Å²) in [7, 11) is 0. The number of nitrogens with one attached hydrogen (secondary N) is 2. The molecule has 1 fully saturated rings. The molecule has 3 aromatic carbocycles. The van der Waals surface area contributed by atoms with Gasteiger partial charge < -0.3 is 20.6 Å². The number of carbonyl (C=O) groups is 2. The van der Waals surface area contributed by atoms with E-state index in [9.17, 15) is 32.3 Å². The molecular formula is C36H43F4N3O3. The SMILES string of the molecule is CCCN(CCC)C(=O)c1cc(C)cc(C(=O)N[C@@H](Cc2cc(F)cc(F)c2)[C@H](O)[C@H]2C[C@@H](Cc3cc(F)cc(F)c3)CCN2)c1. The lowest BCUT2D eigenvalue weighted by atomic mass is 9.83. The monoisotopic (exact) mass is 641 g/mol. The van der Waals surface area contributed by atoms with Crippen LogP contribution in [0.3, 0.4) is 0 Å². The average molecular weight is 642 g/mol. The van der Waals surface area contributed by atoms with Crippen LogP contribution in [0.5, 0.6) is 0 Å². The van der Waals surface area contributed by atoms with Gasteiger partial charge in [0.2, 0.25) is 0 Å². The van der Waals surface area contributed by atoms with Crippen molar-refractivity contribution in [3.05, 3.63) is 106 Å². The lowest BCUT2D eigenvalue weighted by Crippen LogP contribution is -2.56. The van der Waals surface area contributed by atoms with Crippen molar-refractivity contribution in [2.24, 2.45) is 5.92 Å². The fraction of sp³-hybridized carbons (Fsp3) is 0.444. The minimum absolute atomic E-state index is 0.00963. The van der Waals surface area contributed by atoms with E-state index in [2.05, 4.69) is 10.6 Å². The van der Waals surface area contributed by atoms with Crippen LogP contribution in [0.2, 0.25) is 0 Å². The zero-order chi connectivity index (χ0) is 33.4. The van der Waals surface area contributed by atoms with Gasteiger partial charge >= 0.3 is 0 Å². The van der Waals surface area contributed by atoms with Gasteiger partial charge in [-0.05, 0) is 117 Å². The molecule has 3 aromatic rings. The molecule has 3 N–H and O–H groups in total. The molecule has 248 valence electrons. The number of benzene rings is 3. The van der Waals surface area contributed by atoms with Crippen molar-refractivity contribution in [1.82, 2.24) is 15.5 Å². The van der Waals surface area contributed by atoms with Crippen molar-refractivity contribution in [1.29, 1.82) is 0 Å². The molecule has 0 aliphatic carbocycles. The molecule has 0 aromatic heterocycles. The Bertz CT molecular complexity index is 1470. The lowest BCUT2D eigenvalue weighted by Gasteiger charge is -2.37. The molecule has 0 radical (unpaired) electrons. The highest BCUT2D eigenvalue weighted by atomic mass is 19.1. The molecule has 2 amide bonds. The molecule has 4 atom stereocenters. The number of carbonyl (C=O) groups excluding carboxylic acids is 2. The van der Waals surface area contributed by atoms with E-state index in [1.54, 1.807) is 24.0 Å². The number of piperidine rings is 1. The Morgan fingerprint density at radius 1 is 0.870 bits per heavy atom. The average Bonchev–Trinajstić information content (AvgIpc) is 2.98. The van der Waals surface area contributed by atoms with Crippen LogP contribution in [-0.4, -0.2) is 59.6 Å². The molecule has 1 heterocycles. The number of nitrogens with zero attached hydrogens (tertiary/aromatic N) is 1. The number of aliphatic hydroxyl groups is 1. The third kappa shape index (κ3) is 9.62. The Hall–Kier alpha value is -3.76. The van der Waals surface area contributed by atoms with Gasteiger partial charge in [-0.1, -0.05) is 13.8 Å². The van der Waals surface area contributed by atoms with E-state index in [0.717, 1.165) is 37.1 Å². The third-order valence-electron chi connectivity index (χ3n) is 8.37. The molecule has 1 aliphatic heterocycles. The van der Waals surface area contributed by atoms with Gasteiger partial charge in [-0.25, -0.2) is 17.6 Å². The zero-order valence-electron chi connectivity index (χ0n) is 26.6. The van der Waals surface area contributed by atoms with Crippen LogP contribution in [0.15, 0.2) is 54.6 Å². The van der Waals surface area contributed by atoms with Gasteiger partial charge in [0.05, 0.1) is 12.1 Å². The van der Waals surface area contributed by atoms with E-state index in [4.69, 9.17) is 0 Å². The molecule has 0 bridgehead atoms. The van der Waals surface area contributed by atoms with E-state index < -0.39 is 47.4 Å². The summed E-state index contributed by atoms with van der Waals surface area (Å²) in [5.41, 5.74) is 2.07. The lowest BCUT2D eigenvalue weighted by molar-refractivity contribution is 0.0576. The number of amides is 2. The summed E-state index contributed by atoms with van der Waals surface area (Å²) in [4.78, 5) is 28.8. The maximum Gasteiger partial charge on any atom is 0.253 e. The van der Waals surface area contributed by atoms with Crippen LogP contribution in [0.25, 0.3) is 0 Å². The number of aliphatic hydroxyl groups excluding tert-OH is 1. The van der Waals surface area contributed by atoms with E-state index in [-0.39, 0.29) is 29.4 Å². The molecule has 0 unspecified atom stereocenters. The Morgan fingerprint density at radius 2 is 1.43 bits per heavy atom. The molecule has 0 spiro atoms. The van der Waals surface area contributed by atoms with Crippen LogP contribution in [-0.2, 0) is 12.8 Å². The summed E-state index contributed by atoms with van der Waals surface area (Å²) in [6.45, 7) is 7.47. The van der Waals surface area contributed by atoms with Crippen LogP contribution in [0.4, 0.5) is 17.6 Å². The second kappa shape index (κ2) is 16.2. The summed E-state index contributed by atoms with van der Waals surface area (Å²) >= 11 is 0. The summed E-state index contributed by atoms with van der Waals surface area (Å²) in [6.07, 6.45) is 1.88. The van der Waals surface area contributed by atoms with Gasteiger partial charge in [0, 0.05) is 42.4 Å². The number of hydrogen-bond acceptors (Lipinski definition) is 4. The molecule has 6 nitrogen and oxygen atoms in total. The predicted molar refractivity (Wildman–Crippen MR) is 170 cm³/mol. The fourth-order valence-corrected chi connectivity index (χ4v) is 6.39. The highest BCUT2D eigenvalue weighted by molar-refractivity contribution is 6.00. The van der Waals surface area contributed by atoms with E-state index in [1.807, 2.05) is 13.8 Å². The first kappa shape index (κ1) is 35.1. The number of hydrogen-bond donors (Lipinski definition) is 3. The van der Waals surface area contributed by atoms with E-state index in [0.29, 0.717) is 55.6 Å². The minimum Gasteiger partial charge on any atom is -0.389 e. The molecule has 1 aliphatic rings. The number of aryl methyl sites for hydroxylation is 1. The van der Waals surface area contributed by atoms with Crippen LogP contribution in [0.1, 0.15) is 76.9 Å². The van der Waals surface area contributed by atoms with E-state index in [1.165, 1.54) is 18.2 Å². The Labute approximate surface area is 268 Å². The van der Waals surface area contributed by atoms with E-state index >= 15 is 0 Å². The zero-order valence-corrected chi connectivity index (χ0v) is 26.6. The van der Waals surface area contributed by atoms with Crippen molar-refractivity contribution in [3.8, 4) is 0 Å². The van der Waals surface area contributed by atoms with Gasteiger partial charge in [-0.3, -0.25) is 9.59 Å². The summed E-state index contributed by atoms with van der Waals surface area (Å²) in [5, 5.41) is 17.8. The highest BCUT2D eigenvalue weighted by Crippen LogP contribution is 2.26. The predicted octanol–water partition coefficient (Wildman–Crippen LogP) is 6.13. The normalized spacial score (nSPS) is 17.7. The molecule has 4 rings (SSSR count).